The Bertz CT molecular complexity index is 437. The van der Waals surface area contributed by atoms with Gasteiger partial charge in [0.2, 0.25) is 0 Å². The average molecular weight is 282 g/mol. The normalized spacial score (nSPS) is 10.5. The molecule has 0 aliphatic rings. The first-order chi connectivity index (χ1) is 9.56. The summed E-state index contributed by atoms with van der Waals surface area (Å²) in [4.78, 5) is 13.1. The quantitative estimate of drug-likeness (QED) is 0.527. The number of ether oxygens (including phenoxy) is 2. The van der Waals surface area contributed by atoms with Crippen LogP contribution in [0.1, 0.15) is 16.8 Å². The molecular formula is C14H22N2O4. The molecule has 0 aromatic heterocycles. The maximum absolute atomic E-state index is 11.2. The van der Waals surface area contributed by atoms with Gasteiger partial charge in [0.25, 0.3) is 0 Å². The van der Waals surface area contributed by atoms with Crippen LogP contribution in [-0.4, -0.2) is 51.6 Å². The zero-order chi connectivity index (χ0) is 15.0. The van der Waals surface area contributed by atoms with Gasteiger partial charge in [0.1, 0.15) is 0 Å². The molecule has 0 unspecified atom stereocenters. The second-order valence-corrected chi connectivity index (χ2v) is 4.46. The van der Waals surface area contributed by atoms with E-state index in [0.717, 1.165) is 6.42 Å². The maximum atomic E-state index is 11.2. The van der Waals surface area contributed by atoms with Gasteiger partial charge in [-0.3, -0.25) is 0 Å². The average Bonchev–Trinajstić information content (AvgIpc) is 2.42. The fourth-order valence-corrected chi connectivity index (χ4v) is 1.83. The van der Waals surface area contributed by atoms with Crippen LogP contribution >= 0.6 is 0 Å². The number of hydrogen-bond donors (Lipinski definition) is 2. The molecule has 0 aliphatic heterocycles. The van der Waals surface area contributed by atoms with E-state index in [4.69, 9.17) is 15.2 Å². The van der Waals surface area contributed by atoms with Gasteiger partial charge >= 0.3 is 5.97 Å². The summed E-state index contributed by atoms with van der Waals surface area (Å²) >= 11 is 0. The van der Waals surface area contributed by atoms with Crippen molar-refractivity contribution in [3.05, 3.63) is 23.8 Å². The maximum Gasteiger partial charge on any atom is 0.337 e. The number of nitrogen functional groups attached to an aromatic ring is 1. The van der Waals surface area contributed by atoms with Crippen LogP contribution in [0.4, 0.5) is 11.4 Å². The van der Waals surface area contributed by atoms with E-state index in [9.17, 15) is 9.90 Å². The van der Waals surface area contributed by atoms with Crippen molar-refractivity contribution < 1.29 is 19.4 Å². The van der Waals surface area contributed by atoms with Crippen molar-refractivity contribution in [3.8, 4) is 0 Å². The molecule has 0 heterocycles. The van der Waals surface area contributed by atoms with Gasteiger partial charge in [-0.2, -0.15) is 0 Å². The highest BCUT2D eigenvalue weighted by atomic mass is 16.5. The Labute approximate surface area is 119 Å². The second kappa shape index (κ2) is 8.39. The van der Waals surface area contributed by atoms with Crippen molar-refractivity contribution in [2.45, 2.75) is 6.42 Å². The molecule has 0 spiro atoms. The highest BCUT2D eigenvalue weighted by molar-refractivity contribution is 5.95. The fraction of sp³-hybridized carbons (Fsp3) is 0.500. The lowest BCUT2D eigenvalue weighted by atomic mass is 10.1. The van der Waals surface area contributed by atoms with Crippen LogP contribution in [0, 0.1) is 0 Å². The summed E-state index contributed by atoms with van der Waals surface area (Å²) in [5.74, 6) is -0.976. The number of nitrogens with two attached hydrogens (primary N) is 1. The summed E-state index contributed by atoms with van der Waals surface area (Å²) in [5.41, 5.74) is 6.94. The minimum atomic E-state index is -0.976. The Morgan fingerprint density at radius 1 is 1.35 bits per heavy atom. The molecule has 3 N–H and O–H groups in total. The third kappa shape index (κ3) is 5.07. The van der Waals surface area contributed by atoms with Gasteiger partial charge in [-0.25, -0.2) is 4.79 Å². The fourth-order valence-electron chi connectivity index (χ4n) is 1.83. The predicted octanol–water partition coefficient (Wildman–Crippen LogP) is 1.46. The van der Waals surface area contributed by atoms with Gasteiger partial charge < -0.3 is 25.2 Å². The Morgan fingerprint density at radius 3 is 2.75 bits per heavy atom. The third-order valence-electron chi connectivity index (χ3n) is 2.88. The number of nitrogens with zero attached hydrogens (tertiary/aromatic N) is 1. The van der Waals surface area contributed by atoms with Crippen molar-refractivity contribution >= 4 is 17.3 Å². The van der Waals surface area contributed by atoms with Crippen LogP contribution in [0.5, 0.6) is 0 Å². The summed E-state index contributed by atoms with van der Waals surface area (Å²) in [6, 6.07) is 4.90. The highest BCUT2D eigenvalue weighted by Gasteiger charge is 2.13. The molecule has 6 heteroatoms. The molecule has 1 aromatic carbocycles. The molecule has 112 valence electrons. The smallest absolute Gasteiger partial charge is 0.337 e. The Balaban J connectivity index is 2.51. The number of carbonyl (C=O) groups is 1. The monoisotopic (exact) mass is 282 g/mol. The molecule has 0 aliphatic carbocycles. The molecule has 1 aromatic rings. The SMILES string of the molecule is COCCOCCCN(C)c1ccc(N)cc1C(=O)O. The summed E-state index contributed by atoms with van der Waals surface area (Å²) in [5, 5.41) is 9.19. The lowest BCUT2D eigenvalue weighted by Crippen LogP contribution is -2.22. The summed E-state index contributed by atoms with van der Waals surface area (Å²) in [6.07, 6.45) is 0.809. The van der Waals surface area contributed by atoms with E-state index in [-0.39, 0.29) is 5.56 Å². The molecule has 1 rings (SSSR count). The number of carboxylic acids is 1. The molecule has 0 saturated carbocycles. The molecule has 0 amide bonds. The van der Waals surface area contributed by atoms with Gasteiger partial charge in [-0.05, 0) is 24.6 Å². The molecule has 6 nitrogen and oxygen atoms in total. The van der Waals surface area contributed by atoms with Gasteiger partial charge in [0.05, 0.1) is 24.5 Å². The van der Waals surface area contributed by atoms with Crippen LogP contribution in [0.2, 0.25) is 0 Å². The lowest BCUT2D eigenvalue weighted by molar-refractivity contribution is 0.0695. The zero-order valence-corrected chi connectivity index (χ0v) is 12.0. The first-order valence-electron chi connectivity index (χ1n) is 6.47. The van der Waals surface area contributed by atoms with Crippen molar-refractivity contribution in [2.24, 2.45) is 0 Å². The summed E-state index contributed by atoms with van der Waals surface area (Å²) in [7, 11) is 3.48. The number of benzene rings is 1. The summed E-state index contributed by atoms with van der Waals surface area (Å²) in [6.45, 7) is 2.47. The number of anilines is 2. The van der Waals surface area contributed by atoms with Crippen LogP contribution in [-0.2, 0) is 9.47 Å². The van der Waals surface area contributed by atoms with Crippen molar-refractivity contribution in [1.29, 1.82) is 0 Å². The molecule has 0 bridgehead atoms. The Kier molecular flexibility index (Phi) is 6.83. The lowest BCUT2D eigenvalue weighted by Gasteiger charge is -2.21. The molecule has 0 radical (unpaired) electrons. The largest absolute Gasteiger partial charge is 0.478 e. The number of methoxy groups -OCH3 is 1. The van der Waals surface area contributed by atoms with Gasteiger partial charge in [0.15, 0.2) is 0 Å². The van der Waals surface area contributed by atoms with E-state index < -0.39 is 5.97 Å². The minimum Gasteiger partial charge on any atom is -0.478 e. The van der Waals surface area contributed by atoms with Gasteiger partial charge in [-0.15, -0.1) is 0 Å². The number of hydrogen-bond acceptors (Lipinski definition) is 5. The Morgan fingerprint density at radius 2 is 2.10 bits per heavy atom. The number of carboxylic acid groups (broad SMARTS) is 1. The van der Waals surface area contributed by atoms with Crippen molar-refractivity contribution in [2.75, 3.05) is 51.2 Å². The first-order valence-corrected chi connectivity index (χ1v) is 6.47. The summed E-state index contributed by atoms with van der Waals surface area (Å²) < 4.78 is 10.2. The van der Waals surface area contributed by atoms with E-state index in [0.29, 0.717) is 37.7 Å². The second-order valence-electron chi connectivity index (χ2n) is 4.46. The molecule has 0 atom stereocenters. The van der Waals surface area contributed by atoms with Crippen molar-refractivity contribution in [1.82, 2.24) is 0 Å². The standard InChI is InChI=1S/C14H22N2O4/c1-16(6-3-7-20-9-8-19-2)13-5-4-11(15)10-12(13)14(17)18/h4-5,10H,3,6-9,15H2,1-2H3,(H,17,18). The zero-order valence-electron chi connectivity index (χ0n) is 12.0. The van der Waals surface area contributed by atoms with E-state index in [1.165, 1.54) is 6.07 Å². The van der Waals surface area contributed by atoms with Gasteiger partial charge in [0, 0.05) is 33.0 Å². The molecular weight excluding hydrogens is 260 g/mol. The first kappa shape index (κ1) is 16.3. The molecule has 0 saturated heterocycles. The van der Waals surface area contributed by atoms with Crippen LogP contribution < -0.4 is 10.6 Å². The molecule has 0 fully saturated rings. The molecule has 20 heavy (non-hydrogen) atoms. The van der Waals surface area contributed by atoms with E-state index in [2.05, 4.69) is 0 Å². The van der Waals surface area contributed by atoms with Gasteiger partial charge in [-0.1, -0.05) is 0 Å². The van der Waals surface area contributed by atoms with E-state index >= 15 is 0 Å². The van der Waals surface area contributed by atoms with Crippen LogP contribution in [0.25, 0.3) is 0 Å². The number of aromatic carboxylic acids is 1. The van der Waals surface area contributed by atoms with E-state index in [1.54, 1.807) is 19.2 Å². The third-order valence-corrected chi connectivity index (χ3v) is 2.88. The minimum absolute atomic E-state index is 0.216. The topological polar surface area (TPSA) is 85.0 Å². The van der Waals surface area contributed by atoms with Crippen LogP contribution in [0.3, 0.4) is 0 Å². The predicted molar refractivity (Wildman–Crippen MR) is 78.4 cm³/mol. The highest BCUT2D eigenvalue weighted by Crippen LogP contribution is 2.22. The van der Waals surface area contributed by atoms with Crippen molar-refractivity contribution in [3.63, 3.8) is 0 Å². The van der Waals surface area contributed by atoms with Crippen LogP contribution in [0.15, 0.2) is 18.2 Å². The number of rotatable bonds is 9. The Hall–Kier alpha value is -1.79. The van der Waals surface area contributed by atoms with E-state index in [1.807, 2.05) is 11.9 Å².